The minimum atomic E-state index is -0.854. The van der Waals surface area contributed by atoms with Crippen molar-refractivity contribution in [2.24, 2.45) is 0 Å². The Hall–Kier alpha value is -0.640. The van der Waals surface area contributed by atoms with E-state index in [1.807, 2.05) is 45.0 Å². The van der Waals surface area contributed by atoms with E-state index in [1.165, 1.54) is 0 Å². The van der Waals surface area contributed by atoms with Gasteiger partial charge in [-0.3, -0.25) is 4.21 Å². The van der Waals surface area contributed by atoms with Crippen LogP contribution in [0.1, 0.15) is 45.6 Å². The third-order valence-electron chi connectivity index (χ3n) is 3.71. The van der Waals surface area contributed by atoms with E-state index in [0.717, 1.165) is 22.9 Å². The van der Waals surface area contributed by atoms with Gasteiger partial charge in [-0.15, -0.1) is 0 Å². The molecule has 22 heavy (non-hydrogen) atoms. The van der Waals surface area contributed by atoms with E-state index in [4.69, 9.17) is 23.2 Å². The molecule has 2 atom stereocenters. The van der Waals surface area contributed by atoms with Crippen molar-refractivity contribution in [3.63, 3.8) is 0 Å². The normalized spacial score (nSPS) is 15.0. The molecule has 0 aliphatic rings. The quantitative estimate of drug-likeness (QED) is 0.668. The molecule has 0 unspecified atom stereocenters. The maximum atomic E-state index is 12.2. The zero-order chi connectivity index (χ0) is 16.5. The first kappa shape index (κ1) is 17.7. The van der Waals surface area contributed by atoms with Crippen molar-refractivity contribution in [3.8, 4) is 0 Å². The molecule has 0 saturated heterocycles. The van der Waals surface area contributed by atoms with Crippen LogP contribution >= 0.6 is 23.2 Å². The fourth-order valence-corrected chi connectivity index (χ4v) is 3.92. The molecule has 120 valence electrons. The molecule has 1 aromatic carbocycles. The van der Waals surface area contributed by atoms with Crippen molar-refractivity contribution >= 4 is 44.9 Å². The Bertz CT molecular complexity index is 710. The van der Waals surface area contributed by atoms with Crippen LogP contribution in [0.4, 0.5) is 0 Å². The van der Waals surface area contributed by atoms with E-state index in [2.05, 4.69) is 11.9 Å². The number of hydrogen-bond acceptors (Lipinski definition) is 2. The minimum absolute atomic E-state index is 0.182. The lowest BCUT2D eigenvalue weighted by Crippen LogP contribution is -2.24. The minimum Gasteiger partial charge on any atom is -0.259 e. The van der Waals surface area contributed by atoms with E-state index in [1.54, 1.807) is 0 Å². The summed E-state index contributed by atoms with van der Waals surface area (Å²) in [5, 5.41) is 2.18. The lowest BCUT2D eigenvalue weighted by atomic mass is 9.99. The van der Waals surface area contributed by atoms with E-state index >= 15 is 0 Å². The fourth-order valence-electron chi connectivity index (χ4n) is 2.23. The Morgan fingerprint density at radius 2 is 1.91 bits per heavy atom. The molecule has 0 aliphatic heterocycles. The maximum Gasteiger partial charge on any atom is 0.133 e. The lowest BCUT2D eigenvalue weighted by Gasteiger charge is -2.20. The number of hydrogen-bond donors (Lipinski definition) is 0. The van der Waals surface area contributed by atoms with Crippen LogP contribution in [-0.4, -0.2) is 19.7 Å². The summed E-state index contributed by atoms with van der Waals surface area (Å²) in [5.74, 6) is 0.865. The van der Waals surface area contributed by atoms with Crippen LogP contribution < -0.4 is 0 Å². The largest absolute Gasteiger partial charge is 0.259 e. The molecule has 2 aromatic rings. The van der Waals surface area contributed by atoms with Crippen LogP contribution in [0.5, 0.6) is 0 Å². The number of fused-ring (bicyclic) bond motifs is 1. The van der Waals surface area contributed by atoms with Crippen LogP contribution in [0.3, 0.4) is 0 Å². The van der Waals surface area contributed by atoms with Crippen molar-refractivity contribution < 1.29 is 4.21 Å². The van der Waals surface area contributed by atoms with E-state index in [0.29, 0.717) is 15.9 Å². The fraction of sp³-hybridized carbons (Fsp3) is 0.471. The molecule has 0 radical (unpaired) electrons. The van der Waals surface area contributed by atoms with Crippen LogP contribution in [0.15, 0.2) is 24.3 Å². The van der Waals surface area contributed by atoms with Crippen LogP contribution in [0.25, 0.3) is 10.9 Å². The predicted molar refractivity (Wildman–Crippen MR) is 97.6 cm³/mol. The van der Waals surface area contributed by atoms with Crippen molar-refractivity contribution in [2.75, 3.05) is 5.75 Å². The van der Waals surface area contributed by atoms with Crippen molar-refractivity contribution in [1.82, 2.24) is 4.98 Å². The summed E-state index contributed by atoms with van der Waals surface area (Å²) in [6.45, 7) is 8.10. The molecule has 1 aromatic heterocycles. The Morgan fingerprint density at radius 3 is 2.55 bits per heavy atom. The number of rotatable bonds is 4. The first-order chi connectivity index (χ1) is 10.2. The number of benzene rings is 1. The average molecular weight is 358 g/mol. The monoisotopic (exact) mass is 357 g/mol. The maximum absolute atomic E-state index is 12.2. The molecule has 0 spiro atoms. The Labute approximate surface area is 144 Å². The molecule has 0 amide bonds. The standard InChI is InChI=1S/C17H21Cl2NOS/c1-11(7-8-22(21)17(2,3)4)14-10-12-9-13(18)5-6-15(12)20-16(14)19/h5-6,9-11H,7-8H2,1-4H3/t11-,22+/m1/s1. The molecule has 0 fully saturated rings. The van der Waals surface area contributed by atoms with Gasteiger partial charge in [-0.05, 0) is 62.9 Å². The van der Waals surface area contributed by atoms with Gasteiger partial charge in [0.05, 0.1) is 5.52 Å². The van der Waals surface area contributed by atoms with Crippen molar-refractivity contribution in [2.45, 2.75) is 44.8 Å². The first-order valence-corrected chi connectivity index (χ1v) is 9.40. The Morgan fingerprint density at radius 1 is 1.23 bits per heavy atom. The van der Waals surface area contributed by atoms with Gasteiger partial charge < -0.3 is 0 Å². The second-order valence-corrected chi connectivity index (χ2v) is 9.68. The summed E-state index contributed by atoms with van der Waals surface area (Å²) >= 11 is 12.4. The van der Waals surface area contributed by atoms with Gasteiger partial charge in [0.25, 0.3) is 0 Å². The zero-order valence-corrected chi connectivity index (χ0v) is 15.6. The topological polar surface area (TPSA) is 30.0 Å². The highest BCUT2D eigenvalue weighted by atomic mass is 35.5. The average Bonchev–Trinajstić information content (AvgIpc) is 2.43. The van der Waals surface area contributed by atoms with Gasteiger partial charge in [0, 0.05) is 31.7 Å². The number of halogens is 2. The summed E-state index contributed by atoms with van der Waals surface area (Å²) in [4.78, 5) is 4.44. The van der Waals surface area contributed by atoms with Gasteiger partial charge in [-0.2, -0.15) is 0 Å². The molecule has 1 heterocycles. The smallest absolute Gasteiger partial charge is 0.133 e. The molecule has 0 bridgehead atoms. The molecule has 0 aliphatic carbocycles. The molecular formula is C17H21Cl2NOS. The summed E-state index contributed by atoms with van der Waals surface area (Å²) in [6.07, 6.45) is 0.817. The third-order valence-corrected chi connectivity index (χ3v) is 6.22. The highest BCUT2D eigenvalue weighted by Crippen LogP contribution is 2.30. The van der Waals surface area contributed by atoms with Gasteiger partial charge >= 0.3 is 0 Å². The van der Waals surface area contributed by atoms with Crippen molar-refractivity contribution in [1.29, 1.82) is 0 Å². The molecule has 2 nitrogen and oxygen atoms in total. The Balaban J connectivity index is 2.22. The second kappa shape index (κ2) is 6.86. The summed E-state index contributed by atoms with van der Waals surface area (Å²) < 4.78 is 12.0. The van der Waals surface area contributed by atoms with Gasteiger partial charge in [-0.25, -0.2) is 4.98 Å². The van der Waals surface area contributed by atoms with Crippen LogP contribution in [0, 0.1) is 0 Å². The molecular weight excluding hydrogens is 337 g/mol. The lowest BCUT2D eigenvalue weighted by molar-refractivity contribution is 0.638. The van der Waals surface area contributed by atoms with Gasteiger partial charge in [0.2, 0.25) is 0 Å². The zero-order valence-electron chi connectivity index (χ0n) is 13.3. The molecule has 0 saturated carbocycles. The van der Waals surface area contributed by atoms with E-state index < -0.39 is 10.8 Å². The summed E-state index contributed by atoms with van der Waals surface area (Å²) in [7, 11) is -0.854. The first-order valence-electron chi connectivity index (χ1n) is 7.32. The number of pyridine rings is 1. The molecule has 2 rings (SSSR count). The number of nitrogens with zero attached hydrogens (tertiary/aromatic N) is 1. The predicted octanol–water partition coefficient (Wildman–Crippen LogP) is 5.58. The van der Waals surface area contributed by atoms with Crippen LogP contribution in [0.2, 0.25) is 10.2 Å². The highest BCUT2D eigenvalue weighted by molar-refractivity contribution is 7.86. The Kier molecular flexibility index (Phi) is 5.52. The van der Waals surface area contributed by atoms with Crippen molar-refractivity contribution in [3.05, 3.63) is 40.0 Å². The SMILES string of the molecule is C[C@H](CC[S@](=O)C(C)(C)C)c1cc2cc(Cl)ccc2nc1Cl. The highest BCUT2D eigenvalue weighted by Gasteiger charge is 2.21. The third kappa shape index (κ3) is 4.21. The molecule has 5 heteroatoms. The van der Waals surface area contributed by atoms with Gasteiger partial charge in [0.1, 0.15) is 5.15 Å². The van der Waals surface area contributed by atoms with Gasteiger partial charge in [-0.1, -0.05) is 30.1 Å². The number of aromatic nitrogens is 1. The second-order valence-electron chi connectivity index (χ2n) is 6.56. The van der Waals surface area contributed by atoms with E-state index in [9.17, 15) is 4.21 Å². The summed E-state index contributed by atoms with van der Waals surface area (Å²) in [5.41, 5.74) is 1.82. The van der Waals surface area contributed by atoms with Crippen LogP contribution in [-0.2, 0) is 10.8 Å². The molecule has 0 N–H and O–H groups in total. The van der Waals surface area contributed by atoms with E-state index in [-0.39, 0.29) is 10.7 Å². The summed E-state index contributed by atoms with van der Waals surface area (Å²) in [6, 6.07) is 7.61. The van der Waals surface area contributed by atoms with Gasteiger partial charge in [0.15, 0.2) is 0 Å².